The molecule has 0 aromatic heterocycles. The van der Waals surface area contributed by atoms with Crippen molar-refractivity contribution in [3.63, 3.8) is 0 Å². The molecular formula is C23H20F2N2O. The molecule has 4 rings (SSSR count). The van der Waals surface area contributed by atoms with E-state index in [1.54, 1.807) is 24.3 Å². The lowest BCUT2D eigenvalue weighted by molar-refractivity contribution is 0.0919. The molecule has 3 aromatic carbocycles. The summed E-state index contributed by atoms with van der Waals surface area (Å²) in [5, 5.41) is 0. The molecule has 0 spiro atoms. The maximum Gasteiger partial charge on any atom is 0.169 e. The first-order valence-electron chi connectivity index (χ1n) is 9.20. The molecule has 1 fully saturated rings. The standard InChI is InChI=1S/C23H20F2N2O/c24-19-6-10-21(11-7-19)26-14-18(23(28)17-4-2-1-3-5-17)15-27(16-26)22-12-8-20(25)9-13-22/h1-13,18H,14-16H2. The number of carbonyl (C=O) groups excluding carboxylic acids is 1. The van der Waals surface area contributed by atoms with E-state index in [1.165, 1.54) is 24.3 Å². The minimum absolute atomic E-state index is 0.0690. The van der Waals surface area contributed by atoms with Crippen LogP contribution in [0, 0.1) is 17.6 Å². The largest absolute Gasteiger partial charge is 0.353 e. The number of ketones is 1. The molecule has 3 nitrogen and oxygen atoms in total. The Kier molecular flexibility index (Phi) is 5.06. The molecule has 0 radical (unpaired) electrons. The first kappa shape index (κ1) is 18.2. The molecule has 142 valence electrons. The Morgan fingerprint density at radius 1 is 0.714 bits per heavy atom. The highest BCUT2D eigenvalue weighted by Crippen LogP contribution is 2.27. The molecule has 0 bridgehead atoms. The number of hydrogen-bond acceptors (Lipinski definition) is 3. The maximum atomic E-state index is 13.3. The van der Waals surface area contributed by atoms with Crippen molar-refractivity contribution in [3.05, 3.63) is 96.1 Å². The number of carbonyl (C=O) groups is 1. The van der Waals surface area contributed by atoms with Gasteiger partial charge in [0.1, 0.15) is 11.6 Å². The fourth-order valence-electron chi connectivity index (χ4n) is 3.59. The zero-order chi connectivity index (χ0) is 19.5. The van der Waals surface area contributed by atoms with Crippen molar-refractivity contribution in [1.29, 1.82) is 0 Å². The highest BCUT2D eigenvalue weighted by Gasteiger charge is 2.31. The molecule has 1 aliphatic heterocycles. The topological polar surface area (TPSA) is 23.6 Å². The van der Waals surface area contributed by atoms with E-state index in [2.05, 4.69) is 9.80 Å². The fourth-order valence-corrected chi connectivity index (χ4v) is 3.59. The summed E-state index contributed by atoms with van der Waals surface area (Å²) in [6.07, 6.45) is 0. The molecule has 1 saturated heterocycles. The SMILES string of the molecule is O=C(c1ccccc1)C1CN(c2ccc(F)cc2)CN(c2ccc(F)cc2)C1. The highest BCUT2D eigenvalue weighted by atomic mass is 19.1. The monoisotopic (exact) mass is 378 g/mol. The molecule has 0 atom stereocenters. The van der Waals surface area contributed by atoms with Crippen LogP contribution in [-0.4, -0.2) is 25.5 Å². The normalized spacial score (nSPS) is 14.9. The van der Waals surface area contributed by atoms with Crippen LogP contribution in [0.15, 0.2) is 78.9 Å². The van der Waals surface area contributed by atoms with Crippen molar-refractivity contribution in [2.75, 3.05) is 29.6 Å². The van der Waals surface area contributed by atoms with E-state index in [0.717, 1.165) is 11.4 Å². The Hall–Kier alpha value is -3.21. The number of hydrogen-bond donors (Lipinski definition) is 0. The predicted octanol–water partition coefficient (Wildman–Crippen LogP) is 4.75. The van der Waals surface area contributed by atoms with E-state index >= 15 is 0 Å². The smallest absolute Gasteiger partial charge is 0.169 e. The highest BCUT2D eigenvalue weighted by molar-refractivity contribution is 5.98. The molecule has 1 heterocycles. The Morgan fingerprint density at radius 2 is 1.18 bits per heavy atom. The van der Waals surface area contributed by atoms with E-state index in [1.807, 2.05) is 30.3 Å². The third-order valence-corrected chi connectivity index (χ3v) is 5.04. The molecule has 0 N–H and O–H groups in total. The lowest BCUT2D eigenvalue weighted by Gasteiger charge is -2.42. The van der Waals surface area contributed by atoms with Crippen molar-refractivity contribution < 1.29 is 13.6 Å². The quantitative estimate of drug-likeness (QED) is 0.612. The molecule has 28 heavy (non-hydrogen) atoms. The van der Waals surface area contributed by atoms with Crippen LogP contribution in [0.1, 0.15) is 10.4 Å². The predicted molar refractivity (Wildman–Crippen MR) is 107 cm³/mol. The molecule has 1 aliphatic rings. The van der Waals surface area contributed by atoms with Crippen LogP contribution in [0.2, 0.25) is 0 Å². The van der Waals surface area contributed by atoms with Crippen LogP contribution in [0.5, 0.6) is 0 Å². The molecule has 0 saturated carbocycles. The Labute approximate surface area is 162 Å². The van der Waals surface area contributed by atoms with Crippen LogP contribution < -0.4 is 9.80 Å². The molecule has 5 heteroatoms. The number of Topliss-reactive ketones (excluding diaryl/α,β-unsaturated/α-hetero) is 1. The minimum atomic E-state index is -0.298. The van der Waals surface area contributed by atoms with Crippen molar-refractivity contribution in [3.8, 4) is 0 Å². The van der Waals surface area contributed by atoms with Crippen LogP contribution in [0.3, 0.4) is 0 Å². The number of anilines is 2. The Balaban J connectivity index is 1.65. The zero-order valence-corrected chi connectivity index (χ0v) is 15.3. The van der Waals surface area contributed by atoms with Gasteiger partial charge in [0, 0.05) is 30.0 Å². The van der Waals surface area contributed by atoms with Crippen LogP contribution >= 0.6 is 0 Å². The second-order valence-electron chi connectivity index (χ2n) is 6.97. The summed E-state index contributed by atoms with van der Waals surface area (Å²) in [6.45, 7) is 1.62. The second kappa shape index (κ2) is 7.80. The van der Waals surface area contributed by atoms with Gasteiger partial charge < -0.3 is 9.80 Å². The Bertz CT molecular complexity index is 889. The van der Waals surface area contributed by atoms with E-state index in [-0.39, 0.29) is 23.3 Å². The van der Waals surface area contributed by atoms with E-state index in [4.69, 9.17) is 0 Å². The first-order chi connectivity index (χ1) is 13.6. The second-order valence-corrected chi connectivity index (χ2v) is 6.97. The van der Waals surface area contributed by atoms with Gasteiger partial charge in [0.05, 0.1) is 12.6 Å². The number of rotatable bonds is 4. The summed E-state index contributed by atoms with van der Waals surface area (Å²) < 4.78 is 26.7. The molecule has 0 unspecified atom stereocenters. The summed E-state index contributed by atoms with van der Waals surface area (Å²) in [5.41, 5.74) is 2.37. The third-order valence-electron chi connectivity index (χ3n) is 5.04. The molecular weight excluding hydrogens is 358 g/mol. The van der Waals surface area contributed by atoms with Crippen molar-refractivity contribution in [2.24, 2.45) is 5.92 Å². The van der Waals surface area contributed by atoms with Gasteiger partial charge in [-0.2, -0.15) is 0 Å². The van der Waals surface area contributed by atoms with Crippen molar-refractivity contribution in [2.45, 2.75) is 0 Å². The van der Waals surface area contributed by atoms with Gasteiger partial charge in [0.15, 0.2) is 5.78 Å². The van der Waals surface area contributed by atoms with Gasteiger partial charge in [-0.3, -0.25) is 4.79 Å². The van der Waals surface area contributed by atoms with Crippen LogP contribution in [-0.2, 0) is 0 Å². The van der Waals surface area contributed by atoms with Gasteiger partial charge in [-0.25, -0.2) is 8.78 Å². The molecule has 0 amide bonds. The molecule has 0 aliphatic carbocycles. The summed E-state index contributed by atoms with van der Waals surface area (Å²) in [6, 6.07) is 21.8. The van der Waals surface area contributed by atoms with Crippen molar-refractivity contribution in [1.82, 2.24) is 0 Å². The first-order valence-corrected chi connectivity index (χ1v) is 9.20. The number of nitrogens with zero attached hydrogens (tertiary/aromatic N) is 2. The van der Waals surface area contributed by atoms with Gasteiger partial charge in [-0.15, -0.1) is 0 Å². The minimum Gasteiger partial charge on any atom is -0.353 e. The van der Waals surface area contributed by atoms with Crippen LogP contribution in [0.4, 0.5) is 20.2 Å². The third kappa shape index (κ3) is 3.88. The number of benzene rings is 3. The van der Waals surface area contributed by atoms with Gasteiger partial charge in [-0.05, 0) is 48.5 Å². The molecule has 3 aromatic rings. The average molecular weight is 378 g/mol. The van der Waals surface area contributed by atoms with E-state index in [0.29, 0.717) is 25.3 Å². The van der Waals surface area contributed by atoms with E-state index < -0.39 is 0 Å². The maximum absolute atomic E-state index is 13.3. The lowest BCUT2D eigenvalue weighted by atomic mass is 9.94. The van der Waals surface area contributed by atoms with Gasteiger partial charge >= 0.3 is 0 Å². The van der Waals surface area contributed by atoms with Gasteiger partial charge in [-0.1, -0.05) is 30.3 Å². The zero-order valence-electron chi connectivity index (χ0n) is 15.3. The summed E-state index contributed by atoms with van der Waals surface area (Å²) >= 11 is 0. The van der Waals surface area contributed by atoms with Crippen LogP contribution in [0.25, 0.3) is 0 Å². The lowest BCUT2D eigenvalue weighted by Crippen LogP contribution is -2.52. The van der Waals surface area contributed by atoms with Crippen molar-refractivity contribution >= 4 is 17.2 Å². The fraction of sp³-hybridized carbons (Fsp3) is 0.174. The number of halogens is 2. The summed E-state index contributed by atoms with van der Waals surface area (Å²) in [7, 11) is 0. The average Bonchev–Trinajstić information content (AvgIpc) is 2.74. The van der Waals surface area contributed by atoms with Gasteiger partial charge in [0.2, 0.25) is 0 Å². The van der Waals surface area contributed by atoms with Gasteiger partial charge in [0.25, 0.3) is 0 Å². The summed E-state index contributed by atoms with van der Waals surface area (Å²) in [5.74, 6) is -0.785. The van der Waals surface area contributed by atoms with E-state index in [9.17, 15) is 13.6 Å². The summed E-state index contributed by atoms with van der Waals surface area (Å²) in [4.78, 5) is 17.2. The Morgan fingerprint density at radius 3 is 1.64 bits per heavy atom.